The van der Waals surface area contributed by atoms with Gasteiger partial charge in [-0.05, 0) is 87.0 Å². The highest BCUT2D eigenvalue weighted by Gasteiger charge is 2.27. The van der Waals surface area contributed by atoms with Crippen molar-refractivity contribution in [2.24, 2.45) is 0 Å². The number of nitrogens with zero attached hydrogens (tertiary/aromatic N) is 5. The second kappa shape index (κ2) is 10.0. The molecule has 2 aromatic heterocycles. The van der Waals surface area contributed by atoms with Crippen LogP contribution in [-0.2, 0) is 0 Å². The molecule has 2 aliphatic rings. The maximum absolute atomic E-state index is 13.2. The van der Waals surface area contributed by atoms with Gasteiger partial charge in [0, 0.05) is 23.2 Å². The van der Waals surface area contributed by atoms with Crippen LogP contribution in [0, 0.1) is 12.7 Å². The van der Waals surface area contributed by atoms with Gasteiger partial charge in [-0.25, -0.2) is 14.4 Å². The first kappa shape index (κ1) is 24.3. The van der Waals surface area contributed by atoms with Gasteiger partial charge in [-0.1, -0.05) is 23.7 Å². The molecule has 6 rings (SSSR count). The van der Waals surface area contributed by atoms with E-state index in [9.17, 15) is 9.50 Å². The van der Waals surface area contributed by atoms with E-state index in [0.29, 0.717) is 24.5 Å². The fraction of sp³-hybridized carbons (Fsp3) is 0.393. The van der Waals surface area contributed by atoms with Crippen LogP contribution in [0.4, 0.5) is 16.0 Å². The number of hydrogen-bond donors (Lipinski definition) is 2. The number of β-amino-alcohol motifs (C(OH)–C–C–N with tert-alkyl or cyclic N) is 1. The molecule has 37 heavy (non-hydrogen) atoms. The summed E-state index contributed by atoms with van der Waals surface area (Å²) in [5, 5.41) is 20.1. The number of anilines is 2. The maximum Gasteiger partial charge on any atom is 0.227 e. The van der Waals surface area contributed by atoms with Crippen molar-refractivity contribution in [3.05, 3.63) is 76.5 Å². The van der Waals surface area contributed by atoms with Crippen LogP contribution in [0.5, 0.6) is 0 Å². The summed E-state index contributed by atoms with van der Waals surface area (Å²) in [6.07, 6.45) is 7.27. The van der Waals surface area contributed by atoms with Gasteiger partial charge in [-0.2, -0.15) is 5.10 Å². The van der Waals surface area contributed by atoms with Crippen LogP contribution in [0.1, 0.15) is 60.6 Å². The number of likely N-dealkylation sites (tertiary alicyclic amines) is 1. The van der Waals surface area contributed by atoms with Crippen molar-refractivity contribution in [3.63, 3.8) is 0 Å². The first-order chi connectivity index (χ1) is 17.9. The third-order valence-electron chi connectivity index (χ3n) is 7.60. The lowest BCUT2D eigenvalue weighted by Gasteiger charge is -2.33. The quantitative estimate of drug-likeness (QED) is 0.315. The summed E-state index contributed by atoms with van der Waals surface area (Å²) in [5.41, 5.74) is 4.73. The van der Waals surface area contributed by atoms with E-state index < -0.39 is 6.10 Å². The fourth-order valence-corrected chi connectivity index (χ4v) is 5.58. The summed E-state index contributed by atoms with van der Waals surface area (Å²) < 4.78 is 15.3. The molecular weight excluding hydrogens is 491 g/mol. The van der Waals surface area contributed by atoms with Crippen LogP contribution in [0.15, 0.2) is 48.8 Å². The number of rotatable bonds is 7. The Kier molecular flexibility index (Phi) is 6.56. The highest BCUT2D eigenvalue weighted by molar-refractivity contribution is 6.32. The minimum Gasteiger partial charge on any atom is -0.387 e. The Morgan fingerprint density at radius 2 is 1.86 bits per heavy atom. The molecule has 9 heteroatoms. The maximum atomic E-state index is 13.2. The van der Waals surface area contributed by atoms with Crippen molar-refractivity contribution in [2.75, 3.05) is 25.0 Å². The molecule has 1 saturated heterocycles. The zero-order chi connectivity index (χ0) is 25.5. The Morgan fingerprint density at radius 3 is 2.59 bits per heavy atom. The van der Waals surface area contributed by atoms with Gasteiger partial charge in [-0.3, -0.25) is 4.68 Å². The van der Waals surface area contributed by atoms with Crippen LogP contribution < -0.4 is 5.32 Å². The number of aliphatic hydroxyl groups excluding tert-OH is 1. The molecule has 192 valence electrons. The number of halogens is 2. The van der Waals surface area contributed by atoms with Gasteiger partial charge in [0.15, 0.2) is 0 Å². The third-order valence-corrected chi connectivity index (χ3v) is 7.92. The van der Waals surface area contributed by atoms with Crippen molar-refractivity contribution in [3.8, 4) is 0 Å². The van der Waals surface area contributed by atoms with E-state index >= 15 is 0 Å². The molecule has 0 bridgehead atoms. The molecule has 1 atom stereocenters. The Bertz CT molecular complexity index is 1410. The normalized spacial score (nSPS) is 17.8. The van der Waals surface area contributed by atoms with Crippen LogP contribution in [0.3, 0.4) is 0 Å². The fourth-order valence-electron chi connectivity index (χ4n) is 5.26. The molecule has 2 N–H and O–H groups in total. The molecule has 4 aromatic rings. The van der Waals surface area contributed by atoms with Gasteiger partial charge in [0.2, 0.25) is 5.95 Å². The van der Waals surface area contributed by atoms with Crippen molar-refractivity contribution < 1.29 is 9.50 Å². The number of aliphatic hydroxyl groups is 1. The van der Waals surface area contributed by atoms with E-state index in [-0.39, 0.29) is 5.82 Å². The molecule has 1 saturated carbocycles. The van der Waals surface area contributed by atoms with Gasteiger partial charge in [-0.15, -0.1) is 0 Å². The van der Waals surface area contributed by atoms with Crippen molar-refractivity contribution >= 4 is 34.1 Å². The van der Waals surface area contributed by atoms with Crippen molar-refractivity contribution in [1.82, 2.24) is 24.6 Å². The molecule has 2 aromatic carbocycles. The summed E-state index contributed by atoms with van der Waals surface area (Å²) in [4.78, 5) is 11.5. The molecule has 0 amide bonds. The topological polar surface area (TPSA) is 79.1 Å². The van der Waals surface area contributed by atoms with Gasteiger partial charge in [0.1, 0.15) is 5.82 Å². The van der Waals surface area contributed by atoms with Crippen LogP contribution >= 0.6 is 11.6 Å². The summed E-state index contributed by atoms with van der Waals surface area (Å²) in [6.45, 7) is 4.32. The second-order valence-electron chi connectivity index (χ2n) is 10.2. The Labute approximate surface area is 220 Å². The smallest absolute Gasteiger partial charge is 0.227 e. The minimum absolute atomic E-state index is 0.294. The van der Waals surface area contributed by atoms with Gasteiger partial charge >= 0.3 is 0 Å². The third kappa shape index (κ3) is 5.19. The largest absolute Gasteiger partial charge is 0.387 e. The zero-order valence-electron chi connectivity index (χ0n) is 20.7. The first-order valence-corrected chi connectivity index (χ1v) is 13.3. The van der Waals surface area contributed by atoms with Crippen LogP contribution in [0.25, 0.3) is 10.9 Å². The summed E-state index contributed by atoms with van der Waals surface area (Å²) in [7, 11) is 0. The van der Waals surface area contributed by atoms with E-state index in [4.69, 9.17) is 16.6 Å². The number of fused-ring (bicyclic) bond motifs is 1. The lowest BCUT2D eigenvalue weighted by molar-refractivity contribution is 0.0972. The van der Waals surface area contributed by atoms with Gasteiger partial charge in [0.05, 0.1) is 35.2 Å². The van der Waals surface area contributed by atoms with Gasteiger partial charge < -0.3 is 15.3 Å². The number of nitrogens with one attached hydrogen (secondary N) is 1. The number of benzene rings is 2. The predicted molar refractivity (Wildman–Crippen MR) is 143 cm³/mol. The lowest BCUT2D eigenvalue weighted by Crippen LogP contribution is -2.36. The van der Waals surface area contributed by atoms with E-state index in [0.717, 1.165) is 64.4 Å². The minimum atomic E-state index is -0.635. The molecule has 3 heterocycles. The standard InChI is InChI=1S/C28H30ClFN6O/c1-17-26(15-32-36(17)22-6-7-22)34-28-31-14-20-12-24(29)23(13-25(20)33-28)18-8-10-35(11-9-18)16-27(37)19-2-4-21(30)5-3-19/h2-5,12-15,18,22,27,37H,6-11,16H2,1H3,(H,31,33,34)/t27-/m0/s1. The SMILES string of the molecule is Cc1c(Nc2ncc3cc(Cl)c(C4CCN(C[C@H](O)c5ccc(F)cc5)CC4)cc3n2)cnn1C1CC1. The average molecular weight is 521 g/mol. The van der Waals surface area contributed by atoms with E-state index in [2.05, 4.69) is 38.0 Å². The molecule has 1 aliphatic carbocycles. The Morgan fingerprint density at radius 1 is 1.11 bits per heavy atom. The molecule has 1 aliphatic heterocycles. The summed E-state index contributed by atoms with van der Waals surface area (Å²) in [5.74, 6) is 0.572. The number of aromatic nitrogens is 4. The molecular formula is C28H30ClFN6O. The van der Waals surface area contributed by atoms with Crippen molar-refractivity contribution in [2.45, 2.75) is 50.7 Å². The molecule has 0 unspecified atom stereocenters. The molecule has 2 fully saturated rings. The van der Waals surface area contributed by atoms with Gasteiger partial charge in [0.25, 0.3) is 0 Å². The Balaban J connectivity index is 1.14. The number of hydrogen-bond acceptors (Lipinski definition) is 6. The highest BCUT2D eigenvalue weighted by atomic mass is 35.5. The van der Waals surface area contributed by atoms with Crippen LogP contribution in [0.2, 0.25) is 5.02 Å². The molecule has 7 nitrogen and oxygen atoms in total. The van der Waals surface area contributed by atoms with Crippen LogP contribution in [-0.4, -0.2) is 49.4 Å². The zero-order valence-corrected chi connectivity index (χ0v) is 21.5. The summed E-state index contributed by atoms with van der Waals surface area (Å²) >= 11 is 6.71. The number of piperidine rings is 1. The first-order valence-electron chi connectivity index (χ1n) is 12.9. The monoisotopic (exact) mass is 520 g/mol. The summed E-state index contributed by atoms with van der Waals surface area (Å²) in [6, 6.07) is 10.6. The highest BCUT2D eigenvalue weighted by Crippen LogP contribution is 2.38. The van der Waals surface area contributed by atoms with E-state index in [1.54, 1.807) is 18.3 Å². The lowest BCUT2D eigenvalue weighted by atomic mass is 9.88. The predicted octanol–water partition coefficient (Wildman–Crippen LogP) is 5.92. The Hall–Kier alpha value is -3.07. The molecule has 0 spiro atoms. The van der Waals surface area contributed by atoms with E-state index in [1.165, 1.54) is 25.0 Å². The van der Waals surface area contributed by atoms with Crippen molar-refractivity contribution in [1.29, 1.82) is 0 Å². The van der Waals surface area contributed by atoms with E-state index in [1.807, 2.05) is 12.3 Å². The molecule has 0 radical (unpaired) electrons. The average Bonchev–Trinajstić information content (AvgIpc) is 3.68. The second-order valence-corrected chi connectivity index (χ2v) is 10.6.